The number of fused-ring (bicyclic) bond motifs is 1. The summed E-state index contributed by atoms with van der Waals surface area (Å²) >= 11 is 1.78. The quantitative estimate of drug-likeness (QED) is 0.477. The number of aromatic nitrogens is 2. The minimum Gasteiger partial charge on any atom is -0.711 e. The van der Waals surface area contributed by atoms with Crippen LogP contribution >= 0.6 is 11.8 Å². The Morgan fingerprint density at radius 1 is 1.32 bits per heavy atom. The van der Waals surface area contributed by atoms with Gasteiger partial charge in [0.25, 0.3) is 0 Å². The minimum absolute atomic E-state index is 0.616. The molecule has 102 valence electrons. The Labute approximate surface area is 118 Å². The van der Waals surface area contributed by atoms with Crippen LogP contribution in [-0.2, 0) is 5.75 Å². The maximum absolute atomic E-state index is 12.2. The van der Waals surface area contributed by atoms with Gasteiger partial charge in [0.1, 0.15) is 5.69 Å². The van der Waals surface area contributed by atoms with Crippen LogP contribution in [-0.4, -0.2) is 10.7 Å². The Balaban J connectivity index is 2.17. The van der Waals surface area contributed by atoms with E-state index in [9.17, 15) is 5.21 Å². The van der Waals surface area contributed by atoms with E-state index in [0.717, 1.165) is 27.1 Å². The van der Waals surface area contributed by atoms with Gasteiger partial charge in [0.15, 0.2) is 5.52 Å². The molecular weight excluding hydrogens is 256 g/mol. The fraction of sp³-hybridized carbons (Fsp3) is 0.467. The highest BCUT2D eigenvalue weighted by Crippen LogP contribution is 2.17. The molecule has 0 atom stereocenters. The molecule has 19 heavy (non-hydrogen) atoms. The summed E-state index contributed by atoms with van der Waals surface area (Å²) in [6.07, 6.45) is 1.18. The van der Waals surface area contributed by atoms with Crippen molar-refractivity contribution in [1.29, 1.82) is 0 Å². The molecular formula is C15H20N2OS. The van der Waals surface area contributed by atoms with Crippen LogP contribution in [0.1, 0.15) is 31.8 Å². The Morgan fingerprint density at radius 3 is 2.79 bits per heavy atom. The smallest absolute Gasteiger partial charge is 0.312 e. The average molecular weight is 276 g/mol. The van der Waals surface area contributed by atoms with Crippen LogP contribution in [0.5, 0.6) is 0 Å². The lowest BCUT2D eigenvalue weighted by Gasteiger charge is -2.11. The molecule has 4 heteroatoms. The molecule has 0 saturated carbocycles. The van der Waals surface area contributed by atoms with Crippen molar-refractivity contribution >= 4 is 22.7 Å². The van der Waals surface area contributed by atoms with Crippen LogP contribution < -0.4 is 4.73 Å². The zero-order valence-corrected chi connectivity index (χ0v) is 12.5. The third-order valence-corrected chi connectivity index (χ3v) is 4.14. The van der Waals surface area contributed by atoms with Gasteiger partial charge in [-0.2, -0.15) is 0 Å². The van der Waals surface area contributed by atoms with Gasteiger partial charge in [-0.05, 0) is 42.1 Å². The highest BCUT2D eigenvalue weighted by atomic mass is 32.2. The third-order valence-electron chi connectivity index (χ3n) is 3.15. The SMILES string of the molecule is Cc1c2ccccc2nc(CSCCC(C)C)[n+]1[O-]. The van der Waals surface area contributed by atoms with Crippen molar-refractivity contribution in [1.82, 2.24) is 4.98 Å². The first-order chi connectivity index (χ1) is 9.09. The molecule has 0 aliphatic carbocycles. The molecule has 1 aromatic heterocycles. The summed E-state index contributed by atoms with van der Waals surface area (Å²) in [7, 11) is 0. The maximum atomic E-state index is 12.2. The zero-order chi connectivity index (χ0) is 13.8. The van der Waals surface area contributed by atoms with Crippen molar-refractivity contribution in [2.24, 2.45) is 5.92 Å². The van der Waals surface area contributed by atoms with Gasteiger partial charge in [-0.15, -0.1) is 11.8 Å². The molecule has 0 unspecified atom stereocenters. The van der Waals surface area contributed by atoms with Crippen LogP contribution in [0.2, 0.25) is 0 Å². The van der Waals surface area contributed by atoms with Gasteiger partial charge in [0.05, 0.1) is 11.1 Å². The van der Waals surface area contributed by atoms with Crippen molar-refractivity contribution in [2.45, 2.75) is 32.9 Å². The van der Waals surface area contributed by atoms with Crippen molar-refractivity contribution in [3.63, 3.8) is 0 Å². The van der Waals surface area contributed by atoms with Crippen LogP contribution in [0.15, 0.2) is 24.3 Å². The number of nitrogens with zero attached hydrogens (tertiary/aromatic N) is 2. The van der Waals surface area contributed by atoms with E-state index in [2.05, 4.69) is 18.8 Å². The number of aryl methyl sites for hydroxylation is 1. The molecule has 0 N–H and O–H groups in total. The summed E-state index contributed by atoms with van der Waals surface area (Å²) in [5, 5.41) is 13.1. The second-order valence-electron chi connectivity index (χ2n) is 5.16. The third kappa shape index (κ3) is 3.38. The van der Waals surface area contributed by atoms with Gasteiger partial charge in [-0.1, -0.05) is 26.0 Å². The van der Waals surface area contributed by atoms with Crippen molar-refractivity contribution in [3.8, 4) is 0 Å². The fourth-order valence-electron chi connectivity index (χ4n) is 1.94. The highest BCUT2D eigenvalue weighted by Gasteiger charge is 2.14. The summed E-state index contributed by atoms with van der Waals surface area (Å²) in [5.41, 5.74) is 1.65. The van der Waals surface area contributed by atoms with Crippen LogP contribution in [0.25, 0.3) is 10.9 Å². The topological polar surface area (TPSA) is 39.8 Å². The van der Waals surface area contributed by atoms with Gasteiger partial charge in [-0.25, -0.2) is 4.73 Å². The molecule has 2 rings (SSSR count). The monoisotopic (exact) mass is 276 g/mol. The number of benzene rings is 1. The minimum atomic E-state index is 0.616. The van der Waals surface area contributed by atoms with E-state index in [1.54, 1.807) is 11.8 Å². The number of hydrogen-bond acceptors (Lipinski definition) is 3. The van der Waals surface area contributed by atoms with Crippen LogP contribution in [0, 0.1) is 18.0 Å². The Hall–Kier alpha value is -1.29. The first-order valence-electron chi connectivity index (χ1n) is 6.65. The second kappa shape index (κ2) is 6.24. The van der Waals surface area contributed by atoms with Crippen molar-refractivity contribution in [3.05, 3.63) is 41.0 Å². The lowest BCUT2D eigenvalue weighted by molar-refractivity contribution is -0.621. The summed E-state index contributed by atoms with van der Waals surface area (Å²) in [6, 6.07) is 7.81. The Bertz CT molecular complexity index is 569. The number of rotatable bonds is 5. The maximum Gasteiger partial charge on any atom is 0.312 e. The van der Waals surface area contributed by atoms with E-state index >= 15 is 0 Å². The molecule has 0 radical (unpaired) electrons. The predicted molar refractivity (Wildman–Crippen MR) is 81.1 cm³/mol. The van der Waals surface area contributed by atoms with Crippen LogP contribution in [0.4, 0.5) is 0 Å². The van der Waals surface area contributed by atoms with E-state index in [4.69, 9.17) is 0 Å². The average Bonchev–Trinajstić information content (AvgIpc) is 2.40. The molecule has 1 heterocycles. The van der Waals surface area contributed by atoms with Gasteiger partial charge >= 0.3 is 5.82 Å². The zero-order valence-electron chi connectivity index (χ0n) is 11.7. The largest absolute Gasteiger partial charge is 0.711 e. The van der Waals surface area contributed by atoms with Gasteiger partial charge < -0.3 is 5.21 Å². The van der Waals surface area contributed by atoms with Gasteiger partial charge in [0.2, 0.25) is 0 Å². The Kier molecular flexibility index (Phi) is 4.64. The normalized spacial score (nSPS) is 11.4. The van der Waals surface area contributed by atoms with E-state index in [0.29, 0.717) is 17.5 Å². The summed E-state index contributed by atoms with van der Waals surface area (Å²) in [4.78, 5) is 4.48. The Morgan fingerprint density at radius 2 is 2.05 bits per heavy atom. The predicted octanol–water partition coefficient (Wildman–Crippen LogP) is 3.46. The first-order valence-corrected chi connectivity index (χ1v) is 7.80. The molecule has 0 spiro atoms. The molecule has 0 saturated heterocycles. The molecule has 1 aromatic carbocycles. The highest BCUT2D eigenvalue weighted by molar-refractivity contribution is 7.98. The lowest BCUT2D eigenvalue weighted by Crippen LogP contribution is -2.36. The molecule has 0 bridgehead atoms. The van der Waals surface area contributed by atoms with Crippen molar-refractivity contribution < 1.29 is 4.73 Å². The van der Waals surface area contributed by atoms with E-state index in [1.807, 2.05) is 31.2 Å². The summed E-state index contributed by atoms with van der Waals surface area (Å²) < 4.78 is 0.977. The molecule has 0 aliphatic heterocycles. The second-order valence-corrected chi connectivity index (χ2v) is 6.27. The van der Waals surface area contributed by atoms with E-state index in [1.165, 1.54) is 6.42 Å². The van der Waals surface area contributed by atoms with Crippen molar-refractivity contribution in [2.75, 3.05) is 5.75 Å². The fourth-order valence-corrected chi connectivity index (χ4v) is 3.08. The molecule has 2 aromatic rings. The number of thioether (sulfide) groups is 1. The summed E-state index contributed by atoms with van der Waals surface area (Å²) in [6.45, 7) is 6.29. The standard InChI is InChI=1S/C15H20N2OS/c1-11(2)8-9-19-10-15-16-14-7-5-4-6-13(14)12(3)17(15)18/h4-7,11H,8-10H2,1-3H3. The molecule has 3 nitrogen and oxygen atoms in total. The van der Waals surface area contributed by atoms with Gasteiger partial charge in [-0.3, -0.25) is 0 Å². The molecule has 0 fully saturated rings. The summed E-state index contributed by atoms with van der Waals surface area (Å²) in [5.74, 6) is 3.08. The molecule has 0 amide bonds. The van der Waals surface area contributed by atoms with Crippen LogP contribution in [0.3, 0.4) is 0 Å². The number of hydrogen-bond donors (Lipinski definition) is 0. The van der Waals surface area contributed by atoms with E-state index < -0.39 is 0 Å². The number of para-hydroxylation sites is 1. The first kappa shape index (κ1) is 14.1. The lowest BCUT2D eigenvalue weighted by atomic mass is 10.2. The molecule has 0 aliphatic rings. The van der Waals surface area contributed by atoms with E-state index in [-0.39, 0.29) is 0 Å². The van der Waals surface area contributed by atoms with Gasteiger partial charge in [0, 0.05) is 0 Å².